The van der Waals surface area contributed by atoms with Crippen LogP contribution in [-0.4, -0.2) is 46.5 Å². The van der Waals surface area contributed by atoms with E-state index in [9.17, 15) is 9.90 Å². The number of fused-ring (bicyclic) bond motifs is 2. The second-order valence-electron chi connectivity index (χ2n) is 9.21. The van der Waals surface area contributed by atoms with E-state index in [0.29, 0.717) is 12.5 Å². The van der Waals surface area contributed by atoms with Crippen LogP contribution < -0.4 is 0 Å². The highest BCUT2D eigenvalue weighted by molar-refractivity contribution is 6.05. The largest absolute Gasteiger partial charge is 0.393 e. The smallest absolute Gasteiger partial charge is 0.345 e. The topological polar surface area (TPSA) is 56.1 Å². The maximum atomic E-state index is 12.7. The minimum absolute atomic E-state index is 0.0559. The van der Waals surface area contributed by atoms with Crippen molar-refractivity contribution in [3.8, 4) is 0 Å². The minimum atomic E-state index is -0.241. The lowest BCUT2D eigenvalue weighted by Crippen LogP contribution is -2.34. The highest BCUT2D eigenvalue weighted by atomic mass is 16.3. The summed E-state index contributed by atoms with van der Waals surface area (Å²) in [4.78, 5) is 14.4. The van der Waals surface area contributed by atoms with Gasteiger partial charge in [0.15, 0.2) is 0 Å². The number of amides is 2. The van der Waals surface area contributed by atoms with Crippen LogP contribution in [0.1, 0.15) is 63.5 Å². The minimum Gasteiger partial charge on any atom is -0.393 e. The van der Waals surface area contributed by atoms with Gasteiger partial charge in [0.1, 0.15) is 0 Å². The predicted molar refractivity (Wildman–Crippen MR) is 116 cm³/mol. The summed E-state index contributed by atoms with van der Waals surface area (Å²) in [6, 6.07) is 8.72. The molecule has 2 unspecified atom stereocenters. The van der Waals surface area contributed by atoms with Gasteiger partial charge in [0.2, 0.25) is 0 Å². The third-order valence-corrected chi connectivity index (χ3v) is 6.52. The van der Waals surface area contributed by atoms with Gasteiger partial charge in [-0.3, -0.25) is 0 Å². The summed E-state index contributed by atoms with van der Waals surface area (Å²) in [5, 5.41) is 16.7. The Bertz CT molecular complexity index is 825. The van der Waals surface area contributed by atoms with Crippen molar-refractivity contribution in [1.82, 2.24) is 9.91 Å². The maximum Gasteiger partial charge on any atom is 0.345 e. The van der Waals surface area contributed by atoms with Gasteiger partial charge >= 0.3 is 6.03 Å². The van der Waals surface area contributed by atoms with Gasteiger partial charge in [0.25, 0.3) is 0 Å². The van der Waals surface area contributed by atoms with E-state index in [-0.39, 0.29) is 18.1 Å². The lowest BCUT2D eigenvalue weighted by atomic mass is 9.79. The maximum absolute atomic E-state index is 12.7. The second kappa shape index (κ2) is 8.31. The molecule has 3 aliphatic rings. The van der Waals surface area contributed by atoms with Crippen LogP contribution in [0.15, 0.2) is 40.6 Å². The Kier molecular flexibility index (Phi) is 5.77. The summed E-state index contributed by atoms with van der Waals surface area (Å²) in [6.45, 7) is 5.13. The number of hydrazone groups is 1. The molecule has 1 N–H and O–H groups in total. The number of urea groups is 1. The molecule has 2 fully saturated rings. The van der Waals surface area contributed by atoms with E-state index >= 15 is 0 Å². The number of nitrogens with zero attached hydrogens (tertiary/aromatic N) is 3. The van der Waals surface area contributed by atoms with E-state index in [1.807, 2.05) is 7.05 Å². The lowest BCUT2D eigenvalue weighted by molar-refractivity contribution is 0.145. The summed E-state index contributed by atoms with van der Waals surface area (Å²) in [7, 11) is 1.83. The van der Waals surface area contributed by atoms with Gasteiger partial charge in [0.05, 0.1) is 24.1 Å². The van der Waals surface area contributed by atoms with Gasteiger partial charge in [-0.1, -0.05) is 38.1 Å². The van der Waals surface area contributed by atoms with Crippen molar-refractivity contribution in [3.63, 3.8) is 0 Å². The molecule has 5 nitrogen and oxygen atoms in total. The highest BCUT2D eigenvalue weighted by Gasteiger charge is 2.40. The van der Waals surface area contributed by atoms with Crippen LogP contribution in [0.2, 0.25) is 0 Å². The molecule has 1 aromatic carbocycles. The summed E-state index contributed by atoms with van der Waals surface area (Å²) in [5.41, 5.74) is 5.82. The number of likely N-dealkylation sites (N-methyl/N-ethyl adjacent to an activating group) is 1. The fourth-order valence-corrected chi connectivity index (χ4v) is 4.73. The average molecular weight is 396 g/mol. The third-order valence-electron chi connectivity index (χ3n) is 6.52. The summed E-state index contributed by atoms with van der Waals surface area (Å²) >= 11 is 0. The van der Waals surface area contributed by atoms with Gasteiger partial charge in [-0.15, -0.1) is 0 Å². The zero-order chi connectivity index (χ0) is 20.5. The van der Waals surface area contributed by atoms with Crippen LogP contribution in [0.3, 0.4) is 0 Å². The molecule has 2 atom stereocenters. The molecule has 29 heavy (non-hydrogen) atoms. The molecule has 5 heteroatoms. The SMILES string of the molecule is CC(C)CCc1ccc(C2=NN3C(=O)N(C)CC3=C3CCC(O)CCCC23)cc1. The Labute approximate surface area is 174 Å². The fourth-order valence-electron chi connectivity index (χ4n) is 4.73. The van der Waals surface area contributed by atoms with Crippen LogP contribution in [-0.2, 0) is 6.42 Å². The Balaban J connectivity index is 1.66. The van der Waals surface area contributed by atoms with Crippen molar-refractivity contribution in [3.05, 3.63) is 46.7 Å². The van der Waals surface area contributed by atoms with Crippen molar-refractivity contribution >= 4 is 11.7 Å². The first-order valence-corrected chi connectivity index (χ1v) is 11.1. The number of aliphatic hydroxyl groups is 1. The van der Waals surface area contributed by atoms with E-state index in [1.54, 1.807) is 9.91 Å². The molecule has 0 spiro atoms. The van der Waals surface area contributed by atoms with E-state index in [1.165, 1.54) is 17.6 Å². The van der Waals surface area contributed by atoms with E-state index < -0.39 is 0 Å². The van der Waals surface area contributed by atoms with Gasteiger partial charge < -0.3 is 10.0 Å². The molecule has 2 heterocycles. The predicted octanol–water partition coefficient (Wildman–Crippen LogP) is 4.56. The first-order chi connectivity index (χ1) is 13.9. The molecule has 0 bridgehead atoms. The lowest BCUT2D eigenvalue weighted by Gasteiger charge is -2.33. The van der Waals surface area contributed by atoms with Gasteiger partial charge in [-0.05, 0) is 67.6 Å². The van der Waals surface area contributed by atoms with Gasteiger partial charge in [-0.25, -0.2) is 4.79 Å². The third kappa shape index (κ3) is 4.11. The first-order valence-electron chi connectivity index (χ1n) is 11.1. The average Bonchev–Trinajstić information content (AvgIpc) is 2.97. The number of aliphatic hydroxyl groups excluding tert-OH is 1. The van der Waals surface area contributed by atoms with E-state index in [4.69, 9.17) is 5.10 Å². The van der Waals surface area contributed by atoms with Crippen molar-refractivity contribution in [1.29, 1.82) is 0 Å². The van der Waals surface area contributed by atoms with Crippen LogP contribution in [0.5, 0.6) is 0 Å². The molecule has 156 valence electrons. The standard InChI is InChI=1S/C24H33N3O2/c1-16(2)7-8-17-9-11-18(12-10-17)23-21-6-4-5-19(28)13-14-20(21)22-15-26(3)24(29)27(22)25-23/h9-12,16,19,21,28H,4-8,13-15H2,1-3H3. The first kappa shape index (κ1) is 20.1. The summed E-state index contributed by atoms with van der Waals surface area (Å²) < 4.78 is 0. The number of carbonyl (C=O) groups excluding carboxylic acids is 1. The van der Waals surface area contributed by atoms with E-state index in [2.05, 4.69) is 38.1 Å². The Morgan fingerprint density at radius 2 is 1.93 bits per heavy atom. The monoisotopic (exact) mass is 395 g/mol. The zero-order valence-electron chi connectivity index (χ0n) is 17.9. The normalized spacial score (nSPS) is 25.0. The van der Waals surface area contributed by atoms with Crippen LogP contribution in [0, 0.1) is 11.8 Å². The number of carbonyl (C=O) groups is 1. The number of benzene rings is 1. The fraction of sp³-hybridized carbons (Fsp3) is 0.583. The summed E-state index contributed by atoms with van der Waals surface area (Å²) in [6.07, 6.45) is 6.46. The number of allylic oxidation sites excluding steroid dienone is 1. The van der Waals surface area contributed by atoms with Crippen molar-refractivity contribution in [2.75, 3.05) is 13.6 Å². The van der Waals surface area contributed by atoms with E-state index in [0.717, 1.165) is 55.5 Å². The Morgan fingerprint density at radius 1 is 1.17 bits per heavy atom. The van der Waals surface area contributed by atoms with Crippen LogP contribution in [0.25, 0.3) is 0 Å². The van der Waals surface area contributed by atoms with Crippen molar-refractivity contribution in [2.45, 2.75) is 64.9 Å². The molecule has 1 saturated heterocycles. The molecule has 4 rings (SSSR count). The molecule has 1 saturated carbocycles. The quantitative estimate of drug-likeness (QED) is 0.813. The van der Waals surface area contributed by atoms with Crippen molar-refractivity contribution in [2.24, 2.45) is 16.9 Å². The van der Waals surface area contributed by atoms with Crippen LogP contribution >= 0.6 is 0 Å². The highest BCUT2D eigenvalue weighted by Crippen LogP contribution is 2.39. The molecule has 2 aliphatic heterocycles. The molecular formula is C24H33N3O2. The summed E-state index contributed by atoms with van der Waals surface area (Å²) in [5.74, 6) is 0.946. The Morgan fingerprint density at radius 3 is 2.66 bits per heavy atom. The Hall–Kier alpha value is -2.14. The molecule has 1 aromatic rings. The van der Waals surface area contributed by atoms with Gasteiger partial charge in [-0.2, -0.15) is 10.1 Å². The van der Waals surface area contributed by atoms with Gasteiger partial charge in [0, 0.05) is 13.0 Å². The number of hydrogen-bond donors (Lipinski definition) is 1. The zero-order valence-corrected chi connectivity index (χ0v) is 17.9. The molecule has 0 aromatic heterocycles. The second-order valence-corrected chi connectivity index (χ2v) is 9.21. The molecule has 2 amide bonds. The number of hydrogen-bond acceptors (Lipinski definition) is 3. The van der Waals surface area contributed by atoms with Crippen LogP contribution in [0.4, 0.5) is 4.79 Å². The molecular weight excluding hydrogens is 362 g/mol. The molecule has 0 radical (unpaired) electrons. The number of rotatable bonds is 4. The molecule has 1 aliphatic carbocycles. The van der Waals surface area contributed by atoms with Crippen molar-refractivity contribution < 1.29 is 9.90 Å². The number of aryl methyl sites for hydroxylation is 1.